The van der Waals surface area contributed by atoms with E-state index in [0.29, 0.717) is 37.7 Å². The number of carboxylic acids is 1. The van der Waals surface area contributed by atoms with Gasteiger partial charge in [0, 0.05) is 36.6 Å². The summed E-state index contributed by atoms with van der Waals surface area (Å²) in [6.45, 7) is 8.69. The molecule has 29 heavy (non-hydrogen) atoms. The van der Waals surface area contributed by atoms with Gasteiger partial charge in [-0.2, -0.15) is 0 Å². The summed E-state index contributed by atoms with van der Waals surface area (Å²) in [5, 5.41) is 11.9. The number of nitrogens with zero attached hydrogens (tertiary/aromatic N) is 1. The zero-order valence-electron chi connectivity index (χ0n) is 17.6. The lowest BCUT2D eigenvalue weighted by atomic mass is 9.98. The molecule has 0 aliphatic carbocycles. The highest BCUT2D eigenvalue weighted by Crippen LogP contribution is 2.22. The number of aliphatic carboxylic acids is 1. The first kappa shape index (κ1) is 25.4. The Bertz CT molecular complexity index is 671. The Morgan fingerprint density at radius 3 is 2.34 bits per heavy atom. The second kappa shape index (κ2) is 12.1. The molecular formula is C21H32Cl2N2O4. The van der Waals surface area contributed by atoms with Crippen LogP contribution in [0.2, 0.25) is 0 Å². The molecule has 0 heterocycles. The molecule has 0 radical (unpaired) electrons. The quantitative estimate of drug-likeness (QED) is 0.486. The fourth-order valence-corrected chi connectivity index (χ4v) is 3.35. The second-order valence-electron chi connectivity index (χ2n) is 7.96. The first-order valence-corrected chi connectivity index (χ1v) is 10.8. The number of benzene rings is 1. The first-order valence-electron chi connectivity index (χ1n) is 9.73. The number of carbonyl (C=O) groups is 2. The minimum Gasteiger partial charge on any atom is -0.481 e. The number of carbonyl (C=O) groups excluding carboxylic acids is 1. The summed E-state index contributed by atoms with van der Waals surface area (Å²) in [6, 6.07) is 5.63. The Kier molecular flexibility index (Phi) is 10.6. The van der Waals surface area contributed by atoms with E-state index in [1.807, 2.05) is 19.1 Å². The average molecular weight is 447 g/mol. The number of alkyl carbamates (subject to hydrolysis) is 1. The molecule has 0 saturated heterocycles. The van der Waals surface area contributed by atoms with Crippen LogP contribution in [0, 0.1) is 6.92 Å². The van der Waals surface area contributed by atoms with Gasteiger partial charge in [0.25, 0.3) is 0 Å². The van der Waals surface area contributed by atoms with Gasteiger partial charge in [-0.3, -0.25) is 4.79 Å². The van der Waals surface area contributed by atoms with E-state index in [4.69, 9.17) is 27.9 Å². The maximum Gasteiger partial charge on any atom is 0.407 e. The van der Waals surface area contributed by atoms with E-state index < -0.39 is 23.7 Å². The van der Waals surface area contributed by atoms with Gasteiger partial charge >= 0.3 is 12.1 Å². The molecule has 0 aromatic heterocycles. The smallest absolute Gasteiger partial charge is 0.407 e. The molecule has 0 aliphatic heterocycles. The lowest BCUT2D eigenvalue weighted by Gasteiger charge is -2.25. The van der Waals surface area contributed by atoms with Crippen LogP contribution >= 0.6 is 23.2 Å². The summed E-state index contributed by atoms with van der Waals surface area (Å²) < 4.78 is 5.26. The lowest BCUT2D eigenvalue weighted by molar-refractivity contribution is -0.137. The van der Waals surface area contributed by atoms with Crippen molar-refractivity contribution in [1.82, 2.24) is 5.32 Å². The van der Waals surface area contributed by atoms with Gasteiger partial charge in [-0.25, -0.2) is 4.79 Å². The Morgan fingerprint density at radius 2 is 1.83 bits per heavy atom. The fraction of sp³-hybridized carbons (Fsp3) is 0.619. The predicted molar refractivity (Wildman–Crippen MR) is 119 cm³/mol. The van der Waals surface area contributed by atoms with E-state index in [1.54, 1.807) is 20.8 Å². The monoisotopic (exact) mass is 446 g/mol. The molecule has 1 aromatic rings. The Morgan fingerprint density at radius 1 is 1.21 bits per heavy atom. The van der Waals surface area contributed by atoms with Crippen LogP contribution in [0.4, 0.5) is 10.5 Å². The molecule has 0 aliphatic rings. The molecule has 1 rings (SSSR count). The fourth-order valence-electron chi connectivity index (χ4n) is 2.94. The molecule has 0 saturated carbocycles. The van der Waals surface area contributed by atoms with E-state index in [0.717, 1.165) is 16.8 Å². The molecule has 8 heteroatoms. The highest BCUT2D eigenvalue weighted by Gasteiger charge is 2.21. The van der Waals surface area contributed by atoms with E-state index >= 15 is 0 Å². The Hall–Kier alpha value is -1.66. The first-order chi connectivity index (χ1) is 13.6. The number of hydrogen-bond donors (Lipinski definition) is 2. The lowest BCUT2D eigenvalue weighted by Crippen LogP contribution is -2.40. The molecule has 1 amide bonds. The van der Waals surface area contributed by atoms with Gasteiger partial charge in [-0.05, 0) is 63.8 Å². The Labute approximate surface area is 183 Å². The van der Waals surface area contributed by atoms with Crippen LogP contribution in [-0.2, 0) is 16.0 Å². The van der Waals surface area contributed by atoms with Gasteiger partial charge < -0.3 is 20.1 Å². The van der Waals surface area contributed by atoms with Crippen LogP contribution in [-0.4, -0.2) is 53.7 Å². The normalized spacial score (nSPS) is 12.3. The molecule has 164 valence electrons. The summed E-state index contributed by atoms with van der Waals surface area (Å²) in [4.78, 5) is 25.4. The molecule has 6 nitrogen and oxygen atoms in total. The minimum atomic E-state index is -0.966. The summed E-state index contributed by atoms with van der Waals surface area (Å²) in [6.07, 6.45) is 0.344. The van der Waals surface area contributed by atoms with Crippen LogP contribution in [0.3, 0.4) is 0 Å². The molecule has 1 atom stereocenters. The van der Waals surface area contributed by atoms with Gasteiger partial charge in [0.1, 0.15) is 5.60 Å². The van der Waals surface area contributed by atoms with Gasteiger partial charge in [0.2, 0.25) is 0 Å². The average Bonchev–Trinajstić information content (AvgIpc) is 2.58. The number of amides is 1. The predicted octanol–water partition coefficient (Wildman–Crippen LogP) is 4.58. The third-order valence-electron chi connectivity index (χ3n) is 4.31. The van der Waals surface area contributed by atoms with Gasteiger partial charge in [-0.1, -0.05) is 6.07 Å². The van der Waals surface area contributed by atoms with Crippen molar-refractivity contribution in [3.63, 3.8) is 0 Å². The maximum atomic E-state index is 12.1. The van der Waals surface area contributed by atoms with Crippen molar-refractivity contribution in [1.29, 1.82) is 0 Å². The van der Waals surface area contributed by atoms with E-state index in [2.05, 4.69) is 16.3 Å². The van der Waals surface area contributed by atoms with Crippen molar-refractivity contribution in [3.05, 3.63) is 29.3 Å². The third kappa shape index (κ3) is 10.1. The third-order valence-corrected chi connectivity index (χ3v) is 4.65. The van der Waals surface area contributed by atoms with Crippen molar-refractivity contribution in [2.75, 3.05) is 29.7 Å². The zero-order chi connectivity index (χ0) is 22.0. The molecule has 1 aromatic carbocycles. The topological polar surface area (TPSA) is 78.9 Å². The van der Waals surface area contributed by atoms with E-state index in [1.165, 1.54) is 0 Å². The molecule has 0 fully saturated rings. The summed E-state index contributed by atoms with van der Waals surface area (Å²) in [5.41, 5.74) is 2.59. The highest BCUT2D eigenvalue weighted by molar-refractivity contribution is 6.18. The van der Waals surface area contributed by atoms with E-state index in [-0.39, 0.29) is 6.42 Å². The van der Waals surface area contributed by atoms with Crippen LogP contribution in [0.5, 0.6) is 0 Å². The standard InChI is InChI=1S/C21H32Cl2N2O4/c1-15-5-8-18(25(11-9-22)12-10-23)13-16(15)6-7-17(14-19(26)27)24-20(28)29-21(2,3)4/h5,8,13,17H,6-7,9-12,14H2,1-4H3,(H,24,28)(H,26,27)/t17-/m0/s1. The molecule has 0 spiro atoms. The van der Waals surface area contributed by atoms with Crippen molar-refractivity contribution in [2.45, 2.75) is 58.6 Å². The largest absolute Gasteiger partial charge is 0.481 e. The van der Waals surface area contributed by atoms with Gasteiger partial charge in [-0.15, -0.1) is 23.2 Å². The Balaban J connectivity index is 2.88. The summed E-state index contributed by atoms with van der Waals surface area (Å²) in [5.74, 6) is 0.0354. The summed E-state index contributed by atoms with van der Waals surface area (Å²) in [7, 11) is 0. The second-order valence-corrected chi connectivity index (χ2v) is 8.71. The number of nitrogens with one attached hydrogen (secondary N) is 1. The number of halogens is 2. The van der Waals surface area contributed by atoms with Crippen molar-refractivity contribution < 1.29 is 19.4 Å². The van der Waals surface area contributed by atoms with Crippen LogP contribution < -0.4 is 10.2 Å². The number of carboxylic acid groups (broad SMARTS) is 1. The van der Waals surface area contributed by atoms with Gasteiger partial charge in [0.15, 0.2) is 0 Å². The molecule has 0 unspecified atom stereocenters. The van der Waals surface area contributed by atoms with Crippen LogP contribution in [0.25, 0.3) is 0 Å². The van der Waals surface area contributed by atoms with Crippen molar-refractivity contribution in [2.24, 2.45) is 0 Å². The van der Waals surface area contributed by atoms with Crippen LogP contribution in [0.1, 0.15) is 44.7 Å². The number of rotatable bonds is 11. The number of ether oxygens (including phenoxy) is 1. The van der Waals surface area contributed by atoms with Crippen molar-refractivity contribution in [3.8, 4) is 0 Å². The molecular weight excluding hydrogens is 415 g/mol. The number of alkyl halides is 2. The molecule has 2 N–H and O–H groups in total. The van der Waals surface area contributed by atoms with Gasteiger partial charge in [0.05, 0.1) is 6.42 Å². The SMILES string of the molecule is Cc1ccc(N(CCCl)CCCl)cc1CC[C@@H](CC(=O)O)NC(=O)OC(C)(C)C. The highest BCUT2D eigenvalue weighted by atomic mass is 35.5. The number of hydrogen-bond acceptors (Lipinski definition) is 4. The minimum absolute atomic E-state index is 0.164. The number of aryl methyl sites for hydroxylation is 2. The molecule has 0 bridgehead atoms. The number of anilines is 1. The van der Waals surface area contributed by atoms with E-state index in [9.17, 15) is 14.7 Å². The van der Waals surface area contributed by atoms with Crippen LogP contribution in [0.15, 0.2) is 18.2 Å². The van der Waals surface area contributed by atoms with Crippen molar-refractivity contribution >= 4 is 41.0 Å². The zero-order valence-corrected chi connectivity index (χ0v) is 19.1. The summed E-state index contributed by atoms with van der Waals surface area (Å²) >= 11 is 11.8. The maximum absolute atomic E-state index is 12.1.